The van der Waals surface area contributed by atoms with Crippen molar-refractivity contribution in [1.29, 1.82) is 5.26 Å². The van der Waals surface area contributed by atoms with Crippen LogP contribution in [-0.2, 0) is 0 Å². The molecule has 2 aromatic rings. The number of nitrogens with one attached hydrogen (secondary N) is 1. The van der Waals surface area contributed by atoms with E-state index < -0.39 is 17.6 Å². The molecule has 1 aromatic carbocycles. The van der Waals surface area contributed by atoms with Crippen LogP contribution in [0.25, 0.3) is 0 Å². The summed E-state index contributed by atoms with van der Waals surface area (Å²) in [5.74, 6) is 0.0413. The van der Waals surface area contributed by atoms with E-state index in [2.05, 4.69) is 11.1 Å². The maximum atomic E-state index is 12.2. The number of pyridine rings is 1. The first-order valence-corrected chi connectivity index (χ1v) is 7.03. The SMILES string of the molecule is CC1(C)Oc2ccc(C#N)cc2C(c2ccc[nH]c2=O)C1O. The van der Waals surface area contributed by atoms with Gasteiger partial charge in [0.1, 0.15) is 17.5 Å². The lowest BCUT2D eigenvalue weighted by atomic mass is 9.77. The second-order valence-electron chi connectivity index (χ2n) is 5.95. The zero-order valence-electron chi connectivity index (χ0n) is 12.3. The number of aliphatic hydroxyl groups is 1. The second kappa shape index (κ2) is 5.00. The number of nitriles is 1. The van der Waals surface area contributed by atoms with E-state index in [0.717, 1.165) is 0 Å². The van der Waals surface area contributed by atoms with Crippen LogP contribution in [0.1, 0.15) is 36.5 Å². The number of fused-ring (bicyclic) bond motifs is 1. The highest BCUT2D eigenvalue weighted by Gasteiger charge is 2.44. The van der Waals surface area contributed by atoms with Crippen LogP contribution in [0.4, 0.5) is 0 Å². The number of nitrogens with zero attached hydrogens (tertiary/aromatic N) is 1. The van der Waals surface area contributed by atoms with Crippen molar-refractivity contribution >= 4 is 0 Å². The van der Waals surface area contributed by atoms with Crippen LogP contribution in [0.2, 0.25) is 0 Å². The summed E-state index contributed by atoms with van der Waals surface area (Å²) in [6, 6.07) is 10.5. The molecule has 0 aliphatic carbocycles. The van der Waals surface area contributed by atoms with Crippen LogP contribution in [0.5, 0.6) is 5.75 Å². The van der Waals surface area contributed by atoms with Gasteiger partial charge in [-0.3, -0.25) is 4.79 Å². The highest BCUT2D eigenvalue weighted by Crippen LogP contribution is 2.43. The maximum Gasteiger partial charge on any atom is 0.251 e. The van der Waals surface area contributed by atoms with Gasteiger partial charge in [-0.1, -0.05) is 6.07 Å². The monoisotopic (exact) mass is 296 g/mol. The van der Waals surface area contributed by atoms with E-state index in [9.17, 15) is 9.90 Å². The van der Waals surface area contributed by atoms with Gasteiger partial charge in [-0.05, 0) is 38.1 Å². The van der Waals surface area contributed by atoms with Crippen molar-refractivity contribution in [2.45, 2.75) is 31.5 Å². The molecule has 0 fully saturated rings. The summed E-state index contributed by atoms with van der Waals surface area (Å²) >= 11 is 0. The Labute approximate surface area is 127 Å². The predicted octanol–water partition coefficient (Wildman–Crippen LogP) is 1.91. The normalized spacial score (nSPS) is 22.3. The van der Waals surface area contributed by atoms with Gasteiger partial charge in [0.15, 0.2) is 0 Å². The van der Waals surface area contributed by atoms with Crippen molar-refractivity contribution in [3.8, 4) is 11.8 Å². The minimum Gasteiger partial charge on any atom is -0.485 e. The van der Waals surface area contributed by atoms with Gasteiger partial charge >= 0.3 is 0 Å². The Balaban J connectivity index is 2.26. The zero-order chi connectivity index (χ0) is 15.9. The van der Waals surface area contributed by atoms with E-state index >= 15 is 0 Å². The van der Waals surface area contributed by atoms with Crippen LogP contribution in [0.3, 0.4) is 0 Å². The summed E-state index contributed by atoms with van der Waals surface area (Å²) in [7, 11) is 0. The molecule has 3 rings (SSSR count). The summed E-state index contributed by atoms with van der Waals surface area (Å²) in [6.45, 7) is 3.56. The van der Waals surface area contributed by atoms with Gasteiger partial charge in [0.2, 0.25) is 0 Å². The molecule has 0 spiro atoms. The van der Waals surface area contributed by atoms with E-state index in [1.54, 1.807) is 50.4 Å². The molecule has 0 radical (unpaired) electrons. The standard InChI is InChI=1S/C17H16N2O3/c1-17(2)15(20)14(11-4-3-7-19-16(11)21)12-8-10(9-18)5-6-13(12)22-17/h3-8,14-15,20H,1-2H3,(H,19,21). The number of benzene rings is 1. The average Bonchev–Trinajstić information content (AvgIpc) is 2.49. The van der Waals surface area contributed by atoms with Crippen molar-refractivity contribution in [2.75, 3.05) is 0 Å². The molecule has 2 heterocycles. The number of aromatic amines is 1. The molecular formula is C17H16N2O3. The number of aliphatic hydroxyl groups excluding tert-OH is 1. The number of hydrogen-bond acceptors (Lipinski definition) is 4. The van der Waals surface area contributed by atoms with Gasteiger partial charge < -0.3 is 14.8 Å². The molecule has 5 nitrogen and oxygen atoms in total. The molecule has 0 bridgehead atoms. The Morgan fingerprint density at radius 3 is 2.77 bits per heavy atom. The van der Waals surface area contributed by atoms with Crippen molar-refractivity contribution in [2.24, 2.45) is 0 Å². The molecule has 0 saturated carbocycles. The molecule has 0 saturated heterocycles. The molecular weight excluding hydrogens is 280 g/mol. The van der Waals surface area contributed by atoms with Gasteiger partial charge in [0.25, 0.3) is 5.56 Å². The fourth-order valence-corrected chi connectivity index (χ4v) is 2.89. The largest absolute Gasteiger partial charge is 0.485 e. The Hall–Kier alpha value is -2.58. The van der Waals surface area contributed by atoms with Crippen molar-refractivity contribution in [3.05, 3.63) is 63.6 Å². The summed E-state index contributed by atoms with van der Waals surface area (Å²) in [4.78, 5) is 14.8. The molecule has 2 unspecified atom stereocenters. The highest BCUT2D eigenvalue weighted by atomic mass is 16.5. The topological polar surface area (TPSA) is 86.1 Å². The second-order valence-corrected chi connectivity index (χ2v) is 5.95. The Morgan fingerprint density at radius 2 is 2.09 bits per heavy atom. The van der Waals surface area contributed by atoms with Gasteiger partial charge in [-0.25, -0.2) is 0 Å². The lowest BCUT2D eigenvalue weighted by molar-refractivity contribution is -0.0513. The van der Waals surface area contributed by atoms with Crippen LogP contribution >= 0.6 is 0 Å². The molecule has 0 amide bonds. The van der Waals surface area contributed by atoms with Crippen molar-refractivity contribution in [3.63, 3.8) is 0 Å². The van der Waals surface area contributed by atoms with Crippen LogP contribution in [0.15, 0.2) is 41.3 Å². The summed E-state index contributed by atoms with van der Waals surface area (Å²) in [5.41, 5.74) is 0.489. The number of ether oxygens (including phenoxy) is 1. The molecule has 5 heteroatoms. The van der Waals surface area contributed by atoms with Gasteiger partial charge in [0, 0.05) is 23.2 Å². The van der Waals surface area contributed by atoms with Gasteiger partial charge in [-0.15, -0.1) is 0 Å². The third kappa shape index (κ3) is 2.18. The first-order valence-electron chi connectivity index (χ1n) is 7.03. The first kappa shape index (κ1) is 14.4. The highest BCUT2D eigenvalue weighted by molar-refractivity contribution is 5.50. The smallest absolute Gasteiger partial charge is 0.251 e. The quantitative estimate of drug-likeness (QED) is 0.841. The number of aromatic nitrogens is 1. The molecule has 1 aliphatic rings. The minimum absolute atomic E-state index is 0.252. The molecule has 2 N–H and O–H groups in total. The predicted molar refractivity (Wildman–Crippen MR) is 80.8 cm³/mol. The summed E-state index contributed by atoms with van der Waals surface area (Å²) in [6.07, 6.45) is 0.646. The van der Waals surface area contributed by atoms with Gasteiger partial charge in [-0.2, -0.15) is 5.26 Å². The molecule has 112 valence electrons. The van der Waals surface area contributed by atoms with Crippen LogP contribution in [-0.4, -0.2) is 21.8 Å². The average molecular weight is 296 g/mol. The lowest BCUT2D eigenvalue weighted by Gasteiger charge is -2.42. The lowest BCUT2D eigenvalue weighted by Crippen LogP contribution is -2.50. The van der Waals surface area contributed by atoms with E-state index in [4.69, 9.17) is 10.00 Å². The fraction of sp³-hybridized carbons (Fsp3) is 0.294. The van der Waals surface area contributed by atoms with Crippen molar-refractivity contribution in [1.82, 2.24) is 4.98 Å². The molecule has 2 atom stereocenters. The number of rotatable bonds is 1. The third-order valence-electron chi connectivity index (χ3n) is 4.06. The van der Waals surface area contributed by atoms with E-state index in [1.165, 1.54) is 0 Å². The molecule has 1 aromatic heterocycles. The zero-order valence-corrected chi connectivity index (χ0v) is 12.3. The Morgan fingerprint density at radius 1 is 1.32 bits per heavy atom. The summed E-state index contributed by atoms with van der Waals surface area (Å²) in [5, 5.41) is 19.8. The molecule has 22 heavy (non-hydrogen) atoms. The Bertz CT molecular complexity index is 817. The van der Waals surface area contributed by atoms with E-state index in [1.807, 2.05) is 0 Å². The van der Waals surface area contributed by atoms with E-state index in [0.29, 0.717) is 22.4 Å². The van der Waals surface area contributed by atoms with Gasteiger partial charge in [0.05, 0.1) is 11.6 Å². The maximum absolute atomic E-state index is 12.2. The third-order valence-corrected chi connectivity index (χ3v) is 4.06. The fourth-order valence-electron chi connectivity index (χ4n) is 2.89. The first-order chi connectivity index (χ1) is 10.4. The van der Waals surface area contributed by atoms with E-state index in [-0.39, 0.29) is 5.56 Å². The Kier molecular flexibility index (Phi) is 3.27. The van der Waals surface area contributed by atoms with Crippen LogP contribution < -0.4 is 10.3 Å². The van der Waals surface area contributed by atoms with Crippen molar-refractivity contribution < 1.29 is 9.84 Å². The number of hydrogen-bond donors (Lipinski definition) is 2. The van der Waals surface area contributed by atoms with Crippen LogP contribution in [0, 0.1) is 11.3 Å². The molecule has 1 aliphatic heterocycles. The number of H-pyrrole nitrogens is 1. The summed E-state index contributed by atoms with van der Waals surface area (Å²) < 4.78 is 5.85. The minimum atomic E-state index is -0.905.